The average Bonchev–Trinajstić information content (AvgIpc) is 2.71. The summed E-state index contributed by atoms with van der Waals surface area (Å²) in [6.07, 6.45) is 0.216. The van der Waals surface area contributed by atoms with E-state index in [-0.39, 0.29) is 38.8 Å². The quantitative estimate of drug-likeness (QED) is 0.522. The molecule has 1 aromatic rings. The van der Waals surface area contributed by atoms with Gasteiger partial charge in [-0.2, -0.15) is 30.7 Å². The number of benzene rings is 1. The number of epoxide rings is 1. The van der Waals surface area contributed by atoms with Gasteiger partial charge in [0.15, 0.2) is 0 Å². The molecule has 11 heavy (non-hydrogen) atoms. The first-order chi connectivity index (χ1) is 4.88. The monoisotopic (exact) mass is 221 g/mol. The van der Waals surface area contributed by atoms with Crippen LogP contribution in [0.1, 0.15) is 17.2 Å². The Hall–Kier alpha value is 0.154. The Labute approximate surface area is 92.0 Å². The van der Waals surface area contributed by atoms with Crippen LogP contribution >= 0.6 is 0 Å². The molecule has 55 valence electrons. The van der Waals surface area contributed by atoms with Gasteiger partial charge in [-0.05, 0) is 0 Å². The summed E-state index contributed by atoms with van der Waals surface area (Å²) < 4.78 is 5.01. The molecule has 1 saturated heterocycles. The van der Waals surface area contributed by atoms with Gasteiger partial charge in [-0.3, -0.25) is 0 Å². The van der Waals surface area contributed by atoms with Crippen LogP contribution < -0.4 is 0 Å². The molecule has 1 heterocycles. The molecule has 2 rings (SSSR count). The standard InChI is InChI=1S/C9H8O.Y/c1-7-4-2-3-5-8(7)9-6-10-9;/h2-6,9H,1H2;/q-2;. The molecular weight excluding hydrogens is 213 g/mol. The number of ether oxygens (including phenoxy) is 1. The zero-order chi connectivity index (χ0) is 6.97. The second-order valence-corrected chi connectivity index (χ2v) is 2.39. The first-order valence-corrected chi connectivity index (χ1v) is 3.27. The van der Waals surface area contributed by atoms with Crippen molar-refractivity contribution in [2.45, 2.75) is 6.10 Å². The maximum absolute atomic E-state index is 5.01. The van der Waals surface area contributed by atoms with E-state index in [1.807, 2.05) is 30.9 Å². The largest absolute Gasteiger partial charge is 0.578 e. The molecule has 0 aliphatic carbocycles. The van der Waals surface area contributed by atoms with Crippen LogP contribution in [0, 0.1) is 13.5 Å². The molecule has 0 N–H and O–H groups in total. The van der Waals surface area contributed by atoms with Crippen LogP contribution in [0.2, 0.25) is 0 Å². The van der Waals surface area contributed by atoms with Gasteiger partial charge < -0.3 is 4.74 Å². The molecule has 2 heteroatoms. The van der Waals surface area contributed by atoms with Crippen molar-refractivity contribution in [3.63, 3.8) is 0 Å². The van der Waals surface area contributed by atoms with Crippen molar-refractivity contribution in [3.05, 3.63) is 48.9 Å². The number of rotatable bonds is 1. The van der Waals surface area contributed by atoms with Crippen LogP contribution in [0.4, 0.5) is 0 Å². The molecule has 0 saturated carbocycles. The van der Waals surface area contributed by atoms with Gasteiger partial charge in [0, 0.05) is 32.7 Å². The molecule has 0 bridgehead atoms. The van der Waals surface area contributed by atoms with E-state index in [2.05, 4.69) is 6.92 Å². The molecule has 1 unspecified atom stereocenters. The third kappa shape index (κ3) is 2.05. The molecule has 1 aliphatic rings. The minimum atomic E-state index is 0. The van der Waals surface area contributed by atoms with Crippen LogP contribution in [0.25, 0.3) is 0 Å². The fourth-order valence-electron chi connectivity index (χ4n) is 0.998. The van der Waals surface area contributed by atoms with Crippen molar-refractivity contribution in [1.82, 2.24) is 0 Å². The SMILES string of the molecule is [CH2-]c1ccccc1C1[CH-]O1.[Y]. The van der Waals surface area contributed by atoms with Crippen molar-refractivity contribution in [2.24, 2.45) is 0 Å². The van der Waals surface area contributed by atoms with Crippen molar-refractivity contribution < 1.29 is 37.4 Å². The van der Waals surface area contributed by atoms with Crippen LogP contribution in [-0.2, 0) is 37.4 Å². The smallest absolute Gasteiger partial charge is 0 e. The van der Waals surface area contributed by atoms with E-state index < -0.39 is 0 Å². The maximum atomic E-state index is 5.01. The Bertz CT molecular complexity index is 243. The third-order valence-corrected chi connectivity index (χ3v) is 1.63. The van der Waals surface area contributed by atoms with E-state index in [0.29, 0.717) is 0 Å². The minimum absolute atomic E-state index is 0. The molecule has 1 radical (unpaired) electrons. The average molecular weight is 221 g/mol. The fourth-order valence-corrected chi connectivity index (χ4v) is 0.998. The second kappa shape index (κ2) is 3.71. The Morgan fingerprint density at radius 2 is 2.00 bits per heavy atom. The van der Waals surface area contributed by atoms with Gasteiger partial charge in [0.1, 0.15) is 0 Å². The second-order valence-electron chi connectivity index (χ2n) is 2.39. The Kier molecular flexibility index (Phi) is 3.11. The van der Waals surface area contributed by atoms with Gasteiger partial charge in [0.05, 0.1) is 0 Å². The van der Waals surface area contributed by atoms with Crippen LogP contribution in [0.15, 0.2) is 24.3 Å². The Morgan fingerprint density at radius 3 is 2.55 bits per heavy atom. The fraction of sp³-hybridized carbons (Fsp3) is 0.111. The van der Waals surface area contributed by atoms with Gasteiger partial charge in [-0.25, -0.2) is 0 Å². The summed E-state index contributed by atoms with van der Waals surface area (Å²) in [5, 5.41) is 0. The first kappa shape index (κ1) is 9.24. The molecule has 1 nitrogen and oxygen atoms in total. The van der Waals surface area contributed by atoms with E-state index >= 15 is 0 Å². The topological polar surface area (TPSA) is 12.5 Å². The predicted molar refractivity (Wildman–Crippen MR) is 39.0 cm³/mol. The summed E-state index contributed by atoms with van der Waals surface area (Å²) in [5.41, 5.74) is 2.24. The zero-order valence-electron chi connectivity index (χ0n) is 6.16. The molecule has 1 aliphatic heterocycles. The van der Waals surface area contributed by atoms with E-state index in [4.69, 9.17) is 4.74 Å². The maximum Gasteiger partial charge on any atom is 0 e. The summed E-state index contributed by atoms with van der Waals surface area (Å²) in [7, 11) is 0. The summed E-state index contributed by atoms with van der Waals surface area (Å²) in [6.45, 7) is 5.69. The van der Waals surface area contributed by atoms with Crippen LogP contribution in [-0.4, -0.2) is 0 Å². The van der Waals surface area contributed by atoms with E-state index in [9.17, 15) is 0 Å². The van der Waals surface area contributed by atoms with Crippen molar-refractivity contribution >= 4 is 0 Å². The zero-order valence-corrected chi connectivity index (χ0v) is 9.00. The Morgan fingerprint density at radius 1 is 1.36 bits per heavy atom. The van der Waals surface area contributed by atoms with E-state index in [0.717, 1.165) is 5.56 Å². The van der Waals surface area contributed by atoms with Crippen molar-refractivity contribution in [1.29, 1.82) is 0 Å². The summed E-state index contributed by atoms with van der Waals surface area (Å²) >= 11 is 0. The predicted octanol–water partition coefficient (Wildman–Crippen LogP) is 2.10. The molecule has 0 spiro atoms. The molecule has 1 atom stereocenters. The van der Waals surface area contributed by atoms with Crippen LogP contribution in [0.5, 0.6) is 0 Å². The summed E-state index contributed by atoms with van der Waals surface area (Å²) in [4.78, 5) is 0. The van der Waals surface area contributed by atoms with Crippen LogP contribution in [0.3, 0.4) is 0 Å². The third-order valence-electron chi connectivity index (χ3n) is 1.63. The van der Waals surface area contributed by atoms with Gasteiger partial charge >= 0.3 is 0 Å². The van der Waals surface area contributed by atoms with Gasteiger partial charge in [0.25, 0.3) is 0 Å². The number of hydrogen-bond donors (Lipinski definition) is 0. The first-order valence-electron chi connectivity index (χ1n) is 3.27. The molecule has 1 fully saturated rings. The van der Waals surface area contributed by atoms with Gasteiger partial charge in [-0.1, -0.05) is 6.07 Å². The normalized spacial score (nSPS) is 20.5. The molecule has 0 aromatic heterocycles. The minimum Gasteiger partial charge on any atom is -0.578 e. The summed E-state index contributed by atoms with van der Waals surface area (Å²) in [6, 6.07) is 8.01. The molecule has 1 aromatic carbocycles. The molecular formula is C9H8OY-2. The molecule has 0 amide bonds. The number of hydrogen-bond acceptors (Lipinski definition) is 1. The van der Waals surface area contributed by atoms with E-state index in [1.54, 1.807) is 0 Å². The van der Waals surface area contributed by atoms with E-state index in [1.165, 1.54) is 5.56 Å². The van der Waals surface area contributed by atoms with Crippen molar-refractivity contribution in [2.75, 3.05) is 0 Å². The van der Waals surface area contributed by atoms with Gasteiger partial charge in [-0.15, -0.1) is 18.2 Å². The Balaban J connectivity index is 0.000000605. The van der Waals surface area contributed by atoms with Gasteiger partial charge in [0.2, 0.25) is 0 Å². The summed E-state index contributed by atoms with van der Waals surface area (Å²) in [5.74, 6) is 0. The van der Waals surface area contributed by atoms with Crippen molar-refractivity contribution in [3.8, 4) is 0 Å².